The van der Waals surface area contributed by atoms with E-state index in [1.54, 1.807) is 24.3 Å². The Bertz CT molecular complexity index is 1110. The first-order chi connectivity index (χ1) is 17.4. The molecule has 0 aliphatic carbocycles. The third kappa shape index (κ3) is 6.31. The van der Waals surface area contributed by atoms with Crippen LogP contribution in [0, 0.1) is 5.92 Å². The van der Waals surface area contributed by atoms with Crippen LogP contribution in [0.3, 0.4) is 0 Å². The summed E-state index contributed by atoms with van der Waals surface area (Å²) in [4.78, 5) is 2.04. The molecule has 4 rings (SSSR count). The fraction of sp³-hybridized carbons (Fsp3) is 0.379. The van der Waals surface area contributed by atoms with Crippen molar-refractivity contribution >= 4 is 0 Å². The number of hydrogen-bond donors (Lipinski definition) is 4. The van der Waals surface area contributed by atoms with Crippen LogP contribution in [0.4, 0.5) is 0 Å². The SMILES string of the molecule is CC1C(CN(C)CC(O)c2cccc(O)c2)OC(c2ccc(CN)cc2)OC1c1ccc(CO)cc1. The van der Waals surface area contributed by atoms with Gasteiger partial charge >= 0.3 is 0 Å². The molecule has 1 heterocycles. The third-order valence-electron chi connectivity index (χ3n) is 6.84. The Labute approximate surface area is 212 Å². The second-order valence-electron chi connectivity index (χ2n) is 9.60. The van der Waals surface area contributed by atoms with Gasteiger partial charge in [-0.05, 0) is 41.4 Å². The highest BCUT2D eigenvalue weighted by atomic mass is 16.7. The summed E-state index contributed by atoms with van der Waals surface area (Å²) in [6.45, 7) is 3.56. The van der Waals surface area contributed by atoms with E-state index in [4.69, 9.17) is 15.2 Å². The van der Waals surface area contributed by atoms with Crippen LogP contribution in [-0.2, 0) is 22.6 Å². The van der Waals surface area contributed by atoms with Crippen molar-refractivity contribution in [2.45, 2.75) is 44.7 Å². The Kier molecular flexibility index (Phi) is 8.74. The number of nitrogens with zero attached hydrogens (tertiary/aromatic N) is 1. The molecule has 0 bridgehead atoms. The maximum atomic E-state index is 10.7. The first-order valence-electron chi connectivity index (χ1n) is 12.3. The molecule has 1 fully saturated rings. The molecule has 1 saturated heterocycles. The molecule has 0 amide bonds. The van der Waals surface area contributed by atoms with E-state index in [1.807, 2.05) is 60.5 Å². The zero-order chi connectivity index (χ0) is 25.7. The van der Waals surface area contributed by atoms with Crippen molar-refractivity contribution in [2.24, 2.45) is 11.7 Å². The van der Waals surface area contributed by atoms with Crippen LogP contribution in [-0.4, -0.2) is 46.5 Å². The quantitative estimate of drug-likeness (QED) is 0.360. The molecule has 36 heavy (non-hydrogen) atoms. The van der Waals surface area contributed by atoms with Crippen LogP contribution in [0.15, 0.2) is 72.8 Å². The lowest BCUT2D eigenvalue weighted by molar-refractivity contribution is -0.276. The van der Waals surface area contributed by atoms with Gasteiger partial charge in [-0.2, -0.15) is 0 Å². The smallest absolute Gasteiger partial charge is 0.184 e. The highest BCUT2D eigenvalue weighted by Crippen LogP contribution is 2.41. The molecule has 0 spiro atoms. The molecule has 7 nitrogen and oxygen atoms in total. The summed E-state index contributed by atoms with van der Waals surface area (Å²) in [6, 6.07) is 22.5. The maximum Gasteiger partial charge on any atom is 0.184 e. The summed E-state index contributed by atoms with van der Waals surface area (Å²) >= 11 is 0. The Morgan fingerprint density at radius 2 is 1.61 bits per heavy atom. The molecule has 3 aromatic rings. The molecule has 1 aliphatic heterocycles. The summed E-state index contributed by atoms with van der Waals surface area (Å²) in [5, 5.41) is 29.9. The summed E-state index contributed by atoms with van der Waals surface area (Å²) in [7, 11) is 1.95. The van der Waals surface area contributed by atoms with Gasteiger partial charge in [0.1, 0.15) is 5.75 Å². The van der Waals surface area contributed by atoms with E-state index in [-0.39, 0.29) is 30.5 Å². The van der Waals surface area contributed by atoms with E-state index in [0.717, 1.165) is 22.3 Å². The predicted molar refractivity (Wildman–Crippen MR) is 138 cm³/mol. The van der Waals surface area contributed by atoms with Gasteiger partial charge in [0.15, 0.2) is 6.29 Å². The Morgan fingerprint density at radius 1 is 0.944 bits per heavy atom. The molecule has 1 aliphatic rings. The summed E-state index contributed by atoms with van der Waals surface area (Å²) < 4.78 is 13.0. The lowest BCUT2D eigenvalue weighted by Crippen LogP contribution is -2.44. The van der Waals surface area contributed by atoms with E-state index >= 15 is 0 Å². The molecular weight excluding hydrogens is 456 g/mol. The highest BCUT2D eigenvalue weighted by molar-refractivity contribution is 5.29. The van der Waals surface area contributed by atoms with Gasteiger partial charge in [-0.3, -0.25) is 0 Å². The number of ether oxygens (including phenoxy) is 2. The zero-order valence-electron chi connectivity index (χ0n) is 20.8. The van der Waals surface area contributed by atoms with E-state index < -0.39 is 12.4 Å². The number of phenols is 1. The van der Waals surface area contributed by atoms with Crippen molar-refractivity contribution in [1.82, 2.24) is 4.90 Å². The third-order valence-corrected chi connectivity index (χ3v) is 6.84. The fourth-order valence-electron chi connectivity index (χ4n) is 4.65. The van der Waals surface area contributed by atoms with Gasteiger partial charge in [-0.1, -0.05) is 67.6 Å². The zero-order valence-corrected chi connectivity index (χ0v) is 20.8. The van der Waals surface area contributed by atoms with Crippen LogP contribution in [0.1, 0.15) is 53.2 Å². The fourth-order valence-corrected chi connectivity index (χ4v) is 4.65. The van der Waals surface area contributed by atoms with Crippen molar-refractivity contribution in [3.63, 3.8) is 0 Å². The normalized spacial score (nSPS) is 23.1. The van der Waals surface area contributed by atoms with Crippen LogP contribution < -0.4 is 5.73 Å². The van der Waals surface area contributed by atoms with Crippen molar-refractivity contribution < 1.29 is 24.8 Å². The molecule has 7 heteroatoms. The standard InChI is InChI=1S/C29H36N2O5/c1-19-27(17-31(2)16-26(34)24-4-3-5-25(33)14-24)35-29(23-12-6-20(15-30)7-13-23)36-28(19)22-10-8-21(18-32)9-11-22/h3-14,19,26-29,32-34H,15-18,30H2,1-2H3. The lowest BCUT2D eigenvalue weighted by Gasteiger charge is -2.42. The second-order valence-corrected chi connectivity index (χ2v) is 9.60. The van der Waals surface area contributed by atoms with Gasteiger partial charge in [-0.25, -0.2) is 0 Å². The summed E-state index contributed by atoms with van der Waals surface area (Å²) in [5.41, 5.74) is 10.3. The van der Waals surface area contributed by atoms with E-state index in [1.165, 1.54) is 0 Å². The van der Waals surface area contributed by atoms with Crippen molar-refractivity contribution in [3.8, 4) is 5.75 Å². The number of phenolic OH excluding ortho intramolecular Hbond substituents is 1. The molecule has 3 aromatic carbocycles. The number of aliphatic hydroxyl groups excluding tert-OH is 2. The van der Waals surface area contributed by atoms with E-state index in [2.05, 4.69) is 6.92 Å². The summed E-state index contributed by atoms with van der Waals surface area (Å²) in [5.74, 6) is 0.166. The van der Waals surface area contributed by atoms with Crippen molar-refractivity contribution in [3.05, 3.63) is 101 Å². The monoisotopic (exact) mass is 492 g/mol. The molecule has 5 unspecified atom stereocenters. The first kappa shape index (κ1) is 26.3. The predicted octanol–water partition coefficient (Wildman–Crippen LogP) is 3.80. The molecule has 0 aromatic heterocycles. The van der Waals surface area contributed by atoms with Crippen LogP contribution in [0.2, 0.25) is 0 Å². The Balaban J connectivity index is 1.53. The van der Waals surface area contributed by atoms with Crippen LogP contribution in [0.25, 0.3) is 0 Å². The van der Waals surface area contributed by atoms with Gasteiger partial charge in [0, 0.05) is 31.1 Å². The minimum atomic E-state index is -0.737. The maximum absolute atomic E-state index is 10.7. The number of rotatable bonds is 9. The number of likely N-dealkylation sites (N-methyl/N-ethyl adjacent to an activating group) is 1. The number of aliphatic hydroxyl groups is 2. The number of nitrogens with two attached hydrogens (primary N) is 1. The molecule has 5 atom stereocenters. The Morgan fingerprint density at radius 3 is 2.25 bits per heavy atom. The summed E-state index contributed by atoms with van der Waals surface area (Å²) in [6.07, 6.45) is -1.66. The Hall–Kier alpha value is -2.78. The lowest BCUT2D eigenvalue weighted by atomic mass is 9.90. The molecule has 0 saturated carbocycles. The van der Waals surface area contributed by atoms with Gasteiger partial charge in [0.2, 0.25) is 0 Å². The largest absolute Gasteiger partial charge is 0.508 e. The highest BCUT2D eigenvalue weighted by Gasteiger charge is 2.39. The molecule has 192 valence electrons. The second kappa shape index (κ2) is 12.0. The minimum absolute atomic E-state index is 0.00444. The number of hydrogen-bond acceptors (Lipinski definition) is 7. The molecule has 5 N–H and O–H groups in total. The number of benzene rings is 3. The topological polar surface area (TPSA) is 108 Å². The van der Waals surface area contributed by atoms with Gasteiger partial charge < -0.3 is 35.4 Å². The minimum Gasteiger partial charge on any atom is -0.508 e. The molecule has 0 radical (unpaired) electrons. The average Bonchev–Trinajstić information content (AvgIpc) is 2.90. The van der Waals surface area contributed by atoms with Gasteiger partial charge in [-0.15, -0.1) is 0 Å². The van der Waals surface area contributed by atoms with E-state index in [0.29, 0.717) is 25.2 Å². The van der Waals surface area contributed by atoms with Crippen molar-refractivity contribution in [2.75, 3.05) is 20.1 Å². The molecular formula is C29H36N2O5. The van der Waals surface area contributed by atoms with Gasteiger partial charge in [0.25, 0.3) is 0 Å². The van der Waals surface area contributed by atoms with Gasteiger partial charge in [0.05, 0.1) is 24.9 Å². The van der Waals surface area contributed by atoms with Crippen LogP contribution in [0.5, 0.6) is 5.75 Å². The van der Waals surface area contributed by atoms with E-state index in [9.17, 15) is 15.3 Å². The first-order valence-corrected chi connectivity index (χ1v) is 12.3. The van der Waals surface area contributed by atoms with Crippen LogP contribution >= 0.6 is 0 Å². The number of aromatic hydroxyl groups is 1. The van der Waals surface area contributed by atoms with Crippen molar-refractivity contribution in [1.29, 1.82) is 0 Å². The average molecular weight is 493 g/mol.